The highest BCUT2D eigenvalue weighted by Gasteiger charge is 2.43. The van der Waals surface area contributed by atoms with Crippen molar-refractivity contribution in [1.29, 1.82) is 0 Å². The van der Waals surface area contributed by atoms with Crippen molar-refractivity contribution in [2.45, 2.75) is 51.0 Å². The number of aliphatic hydroxyl groups excluding tert-OH is 1. The van der Waals surface area contributed by atoms with Crippen LogP contribution in [0.5, 0.6) is 0 Å². The summed E-state index contributed by atoms with van der Waals surface area (Å²) < 4.78 is 6.85. The van der Waals surface area contributed by atoms with Gasteiger partial charge in [-0.25, -0.2) is 4.79 Å². The van der Waals surface area contributed by atoms with Crippen LogP contribution >= 0.6 is 0 Å². The minimum atomic E-state index is -0.520. The average Bonchev–Trinajstić information content (AvgIpc) is 2.66. The quantitative estimate of drug-likeness (QED) is 0.827. The standard InChI is InChI=1S/C12H19N3O3/c1-12(2,3)18-11(17)14-8-7-9(16)10(8)15-6-4-5-13-15/h4-6,8-10,16H,7H2,1-3H3,(H,14,17). The van der Waals surface area contributed by atoms with Crippen molar-refractivity contribution in [3.05, 3.63) is 18.5 Å². The summed E-state index contributed by atoms with van der Waals surface area (Å²) in [7, 11) is 0. The number of ether oxygens (including phenoxy) is 1. The van der Waals surface area contributed by atoms with Gasteiger partial charge in [-0.1, -0.05) is 0 Å². The third kappa shape index (κ3) is 2.81. The minimum absolute atomic E-state index is 0.144. The molecule has 0 bridgehead atoms. The van der Waals surface area contributed by atoms with Crippen molar-refractivity contribution in [2.24, 2.45) is 0 Å². The Morgan fingerprint density at radius 2 is 2.28 bits per heavy atom. The van der Waals surface area contributed by atoms with Crippen LogP contribution in [-0.2, 0) is 4.74 Å². The fourth-order valence-corrected chi connectivity index (χ4v) is 2.03. The summed E-state index contributed by atoms with van der Waals surface area (Å²) >= 11 is 0. The van der Waals surface area contributed by atoms with Crippen LogP contribution in [0.25, 0.3) is 0 Å². The average molecular weight is 253 g/mol. The number of nitrogens with zero attached hydrogens (tertiary/aromatic N) is 2. The maximum Gasteiger partial charge on any atom is 0.407 e. The molecule has 6 nitrogen and oxygen atoms in total. The predicted molar refractivity (Wildman–Crippen MR) is 65.0 cm³/mol. The second-order valence-corrected chi connectivity index (χ2v) is 5.53. The van der Waals surface area contributed by atoms with E-state index in [2.05, 4.69) is 10.4 Å². The Balaban J connectivity index is 1.93. The number of hydrogen-bond acceptors (Lipinski definition) is 4. The fourth-order valence-electron chi connectivity index (χ4n) is 2.03. The summed E-state index contributed by atoms with van der Waals surface area (Å²) in [5.41, 5.74) is -0.520. The zero-order valence-corrected chi connectivity index (χ0v) is 10.8. The fraction of sp³-hybridized carbons (Fsp3) is 0.667. The van der Waals surface area contributed by atoms with Gasteiger partial charge in [-0.3, -0.25) is 4.68 Å². The van der Waals surface area contributed by atoms with Crippen molar-refractivity contribution in [2.75, 3.05) is 0 Å². The number of carbonyl (C=O) groups is 1. The lowest BCUT2D eigenvalue weighted by Gasteiger charge is -2.41. The van der Waals surface area contributed by atoms with Crippen molar-refractivity contribution in [1.82, 2.24) is 15.1 Å². The first-order valence-electron chi connectivity index (χ1n) is 6.03. The smallest absolute Gasteiger partial charge is 0.407 e. The van der Waals surface area contributed by atoms with Crippen LogP contribution in [0.4, 0.5) is 4.79 Å². The monoisotopic (exact) mass is 253 g/mol. The molecule has 1 aliphatic rings. The highest BCUT2D eigenvalue weighted by Crippen LogP contribution is 2.32. The first-order chi connectivity index (χ1) is 8.37. The molecule has 1 aliphatic carbocycles. The molecule has 0 aromatic carbocycles. The summed E-state index contributed by atoms with van der Waals surface area (Å²) in [5, 5.41) is 16.6. The Kier molecular flexibility index (Phi) is 3.30. The first kappa shape index (κ1) is 12.9. The van der Waals surface area contributed by atoms with E-state index in [1.165, 1.54) is 0 Å². The van der Waals surface area contributed by atoms with Crippen LogP contribution in [0.2, 0.25) is 0 Å². The van der Waals surface area contributed by atoms with Crippen molar-refractivity contribution in [3.63, 3.8) is 0 Å². The molecule has 0 saturated heterocycles. The van der Waals surface area contributed by atoms with Crippen LogP contribution < -0.4 is 5.32 Å². The van der Waals surface area contributed by atoms with E-state index in [1.54, 1.807) is 23.1 Å². The Bertz CT molecular complexity index is 411. The van der Waals surface area contributed by atoms with Crippen LogP contribution in [0.3, 0.4) is 0 Å². The molecule has 1 fully saturated rings. The van der Waals surface area contributed by atoms with Crippen LogP contribution in [0.1, 0.15) is 33.2 Å². The number of amides is 1. The Morgan fingerprint density at radius 3 is 2.78 bits per heavy atom. The van der Waals surface area contributed by atoms with E-state index in [0.29, 0.717) is 6.42 Å². The molecule has 1 heterocycles. The van der Waals surface area contributed by atoms with Crippen LogP contribution in [0.15, 0.2) is 18.5 Å². The summed E-state index contributed by atoms with van der Waals surface area (Å²) in [6.07, 6.45) is 3.00. The molecular weight excluding hydrogens is 234 g/mol. The number of alkyl carbamates (subject to hydrolysis) is 1. The number of aromatic nitrogens is 2. The molecule has 3 unspecified atom stereocenters. The van der Waals surface area contributed by atoms with E-state index >= 15 is 0 Å². The van der Waals surface area contributed by atoms with Crippen LogP contribution in [-0.4, -0.2) is 38.7 Å². The molecule has 1 amide bonds. The zero-order chi connectivity index (χ0) is 13.3. The summed E-state index contributed by atoms with van der Waals surface area (Å²) in [6, 6.07) is 1.43. The van der Waals surface area contributed by atoms with Gasteiger partial charge in [-0.2, -0.15) is 5.10 Å². The van der Waals surface area contributed by atoms with Gasteiger partial charge in [0.15, 0.2) is 0 Å². The molecule has 2 rings (SSSR count). The lowest BCUT2D eigenvalue weighted by Crippen LogP contribution is -2.56. The number of hydrogen-bond donors (Lipinski definition) is 2. The number of nitrogens with one attached hydrogen (secondary N) is 1. The van der Waals surface area contributed by atoms with Crippen molar-refractivity contribution >= 4 is 6.09 Å². The van der Waals surface area contributed by atoms with E-state index < -0.39 is 17.8 Å². The third-order valence-corrected chi connectivity index (χ3v) is 2.83. The molecular formula is C12H19N3O3. The van der Waals surface area contributed by atoms with Gasteiger partial charge >= 0.3 is 6.09 Å². The largest absolute Gasteiger partial charge is 0.444 e. The SMILES string of the molecule is CC(C)(C)OC(=O)NC1CC(O)C1n1cccn1. The molecule has 3 atom stereocenters. The van der Waals surface area contributed by atoms with Gasteiger partial charge in [0.2, 0.25) is 0 Å². The van der Waals surface area contributed by atoms with Gasteiger partial charge in [-0.15, -0.1) is 0 Å². The lowest BCUT2D eigenvalue weighted by atomic mass is 9.83. The van der Waals surface area contributed by atoms with E-state index in [4.69, 9.17) is 4.74 Å². The van der Waals surface area contributed by atoms with E-state index in [9.17, 15) is 9.90 Å². The Labute approximate surface area is 106 Å². The van der Waals surface area contributed by atoms with Crippen LogP contribution in [0, 0.1) is 0 Å². The number of aliphatic hydroxyl groups is 1. The normalized spacial score (nSPS) is 27.4. The Morgan fingerprint density at radius 1 is 1.56 bits per heavy atom. The number of rotatable bonds is 2. The highest BCUT2D eigenvalue weighted by atomic mass is 16.6. The molecule has 6 heteroatoms. The molecule has 100 valence electrons. The predicted octanol–water partition coefficient (Wildman–Crippen LogP) is 1.08. The van der Waals surface area contributed by atoms with Gasteiger partial charge in [0.25, 0.3) is 0 Å². The molecule has 1 aromatic heterocycles. The first-order valence-corrected chi connectivity index (χ1v) is 6.03. The summed E-state index contributed by atoms with van der Waals surface area (Å²) in [4.78, 5) is 11.6. The van der Waals surface area contributed by atoms with E-state index in [0.717, 1.165) is 0 Å². The second kappa shape index (κ2) is 4.61. The molecule has 2 N–H and O–H groups in total. The Hall–Kier alpha value is -1.56. The third-order valence-electron chi connectivity index (χ3n) is 2.83. The molecule has 1 saturated carbocycles. The van der Waals surface area contributed by atoms with E-state index in [1.807, 2.05) is 20.8 Å². The highest BCUT2D eigenvalue weighted by molar-refractivity contribution is 5.68. The van der Waals surface area contributed by atoms with Gasteiger partial charge in [-0.05, 0) is 33.3 Å². The molecule has 0 spiro atoms. The maximum atomic E-state index is 11.6. The maximum absolute atomic E-state index is 11.6. The van der Waals surface area contributed by atoms with Gasteiger partial charge in [0.1, 0.15) is 5.60 Å². The molecule has 18 heavy (non-hydrogen) atoms. The van der Waals surface area contributed by atoms with Gasteiger partial charge < -0.3 is 15.2 Å². The molecule has 0 aliphatic heterocycles. The molecule has 0 radical (unpaired) electrons. The second-order valence-electron chi connectivity index (χ2n) is 5.53. The summed E-state index contributed by atoms with van der Waals surface area (Å²) in [6.45, 7) is 5.44. The zero-order valence-electron chi connectivity index (χ0n) is 10.8. The topological polar surface area (TPSA) is 76.4 Å². The molecule has 1 aromatic rings. The van der Waals surface area contributed by atoms with Gasteiger partial charge in [0, 0.05) is 12.4 Å². The van der Waals surface area contributed by atoms with E-state index in [-0.39, 0.29) is 12.1 Å². The van der Waals surface area contributed by atoms with Crippen molar-refractivity contribution in [3.8, 4) is 0 Å². The summed E-state index contributed by atoms with van der Waals surface area (Å²) in [5.74, 6) is 0. The van der Waals surface area contributed by atoms with Crippen molar-refractivity contribution < 1.29 is 14.6 Å². The lowest BCUT2D eigenvalue weighted by molar-refractivity contribution is -0.0144. The van der Waals surface area contributed by atoms with Gasteiger partial charge in [0.05, 0.1) is 18.2 Å². The number of carbonyl (C=O) groups excluding carboxylic acids is 1. The minimum Gasteiger partial charge on any atom is -0.444 e.